The number of halogens is 3. The minimum Gasteiger partial charge on any atom is -0.497 e. The van der Waals surface area contributed by atoms with E-state index < -0.39 is 29.6 Å². The third-order valence-electron chi connectivity index (χ3n) is 4.71. The highest BCUT2D eigenvalue weighted by atomic mass is 19.4. The molecule has 23 heavy (non-hydrogen) atoms. The molecule has 1 saturated carbocycles. The number of fused-ring (bicyclic) bond motifs is 1. The maximum Gasteiger partial charge on any atom is 0.408 e. The highest BCUT2D eigenvalue weighted by Gasteiger charge is 2.66. The molecular formula is C17H15F3O3. The number of Topliss-reactive ketones (excluding diaryl/α,β-unsaturated/α-hetero) is 2. The molecule has 2 aliphatic rings. The van der Waals surface area contributed by atoms with E-state index in [1.807, 2.05) is 6.07 Å². The van der Waals surface area contributed by atoms with Gasteiger partial charge in [0.25, 0.3) is 0 Å². The quantitative estimate of drug-likeness (QED) is 0.799. The molecule has 1 fully saturated rings. The summed E-state index contributed by atoms with van der Waals surface area (Å²) in [6, 6.07) is 5.34. The smallest absolute Gasteiger partial charge is 0.408 e. The van der Waals surface area contributed by atoms with Crippen LogP contribution in [-0.4, -0.2) is 24.9 Å². The molecule has 3 nitrogen and oxygen atoms in total. The van der Waals surface area contributed by atoms with Crippen LogP contribution in [0.1, 0.15) is 30.4 Å². The number of rotatable bonds is 3. The standard InChI is InChI=1S/C17H15F3O3/c1-23-12-2-3-13-10(8-11(13)9-12)6-7-16(17(18,19)20)14(21)4-5-15(16)22/h2-3,6,9H,4-5,7-8H2,1H3/b10-6+. The Hall–Kier alpha value is -2.11. The van der Waals surface area contributed by atoms with Crippen LogP contribution in [0.25, 0.3) is 5.57 Å². The van der Waals surface area contributed by atoms with Crippen molar-refractivity contribution in [3.05, 3.63) is 35.4 Å². The molecule has 0 heterocycles. The lowest BCUT2D eigenvalue weighted by Gasteiger charge is -2.29. The molecular weight excluding hydrogens is 309 g/mol. The van der Waals surface area contributed by atoms with Gasteiger partial charge >= 0.3 is 6.18 Å². The van der Waals surface area contributed by atoms with Gasteiger partial charge in [0.05, 0.1) is 7.11 Å². The molecule has 1 aromatic carbocycles. The number of carbonyl (C=O) groups is 2. The van der Waals surface area contributed by atoms with Gasteiger partial charge < -0.3 is 4.74 Å². The van der Waals surface area contributed by atoms with E-state index in [9.17, 15) is 22.8 Å². The molecule has 0 aromatic heterocycles. The fourth-order valence-electron chi connectivity index (χ4n) is 3.28. The Morgan fingerprint density at radius 1 is 1.22 bits per heavy atom. The average molecular weight is 324 g/mol. The molecule has 0 atom stereocenters. The molecule has 2 aliphatic carbocycles. The van der Waals surface area contributed by atoms with Gasteiger partial charge in [-0.3, -0.25) is 9.59 Å². The van der Waals surface area contributed by atoms with E-state index >= 15 is 0 Å². The van der Waals surface area contributed by atoms with E-state index in [-0.39, 0.29) is 12.8 Å². The number of hydrogen-bond donors (Lipinski definition) is 0. The summed E-state index contributed by atoms with van der Waals surface area (Å²) in [4.78, 5) is 23.6. The Labute approximate surface area is 131 Å². The molecule has 6 heteroatoms. The van der Waals surface area contributed by atoms with Gasteiger partial charge in [0.2, 0.25) is 0 Å². The molecule has 0 spiro atoms. The number of alkyl halides is 3. The Balaban J connectivity index is 1.89. The largest absolute Gasteiger partial charge is 0.497 e. The molecule has 0 unspecified atom stereocenters. The Bertz CT molecular complexity index is 700. The van der Waals surface area contributed by atoms with E-state index in [1.54, 1.807) is 19.2 Å². The lowest BCUT2D eigenvalue weighted by molar-refractivity contribution is -0.212. The van der Waals surface area contributed by atoms with Crippen molar-refractivity contribution >= 4 is 17.1 Å². The summed E-state index contributed by atoms with van der Waals surface area (Å²) >= 11 is 0. The molecule has 1 aromatic rings. The predicted octanol–water partition coefficient (Wildman–Crippen LogP) is 3.51. The lowest BCUT2D eigenvalue weighted by atomic mass is 9.76. The van der Waals surface area contributed by atoms with Gasteiger partial charge in [-0.2, -0.15) is 13.2 Å². The Morgan fingerprint density at radius 2 is 1.87 bits per heavy atom. The first-order valence-electron chi connectivity index (χ1n) is 7.29. The molecule has 0 saturated heterocycles. The normalized spacial score (nSPS) is 21.3. The minimum atomic E-state index is -4.85. The molecule has 3 rings (SSSR count). The van der Waals surface area contributed by atoms with Crippen LogP contribution in [0.2, 0.25) is 0 Å². The van der Waals surface area contributed by atoms with Gasteiger partial charge in [-0.25, -0.2) is 0 Å². The van der Waals surface area contributed by atoms with Crippen molar-refractivity contribution in [1.82, 2.24) is 0 Å². The number of carbonyl (C=O) groups excluding carboxylic acids is 2. The van der Waals surface area contributed by atoms with Gasteiger partial charge in [-0.05, 0) is 41.7 Å². The van der Waals surface area contributed by atoms with Crippen molar-refractivity contribution in [3.63, 3.8) is 0 Å². The van der Waals surface area contributed by atoms with Crippen molar-refractivity contribution in [2.45, 2.75) is 31.9 Å². The van der Waals surface area contributed by atoms with Crippen LogP contribution in [0.15, 0.2) is 24.3 Å². The molecule has 0 radical (unpaired) electrons. The van der Waals surface area contributed by atoms with Crippen LogP contribution in [0.5, 0.6) is 5.75 Å². The van der Waals surface area contributed by atoms with Crippen molar-refractivity contribution in [2.75, 3.05) is 7.11 Å². The van der Waals surface area contributed by atoms with Gasteiger partial charge in [0.15, 0.2) is 17.0 Å². The lowest BCUT2D eigenvalue weighted by Crippen LogP contribution is -2.46. The molecule has 0 aliphatic heterocycles. The Kier molecular flexibility index (Phi) is 3.58. The van der Waals surface area contributed by atoms with Crippen molar-refractivity contribution < 1.29 is 27.5 Å². The maximum absolute atomic E-state index is 13.4. The molecule has 0 amide bonds. The second-order valence-electron chi connectivity index (χ2n) is 5.88. The van der Waals surface area contributed by atoms with E-state index in [0.717, 1.165) is 16.7 Å². The summed E-state index contributed by atoms with van der Waals surface area (Å²) in [6.45, 7) is 0. The molecule has 0 N–H and O–H groups in total. The Morgan fingerprint density at radius 3 is 2.39 bits per heavy atom. The van der Waals surface area contributed by atoms with E-state index in [4.69, 9.17) is 4.74 Å². The fraction of sp³-hybridized carbons (Fsp3) is 0.412. The van der Waals surface area contributed by atoms with Gasteiger partial charge in [-0.1, -0.05) is 12.1 Å². The van der Waals surface area contributed by atoms with E-state index in [0.29, 0.717) is 12.2 Å². The van der Waals surface area contributed by atoms with Crippen LogP contribution in [0, 0.1) is 5.41 Å². The number of benzene rings is 1. The van der Waals surface area contributed by atoms with E-state index in [2.05, 4.69) is 0 Å². The summed E-state index contributed by atoms with van der Waals surface area (Å²) in [6.07, 6.45) is -4.19. The summed E-state index contributed by atoms with van der Waals surface area (Å²) in [7, 11) is 1.54. The van der Waals surface area contributed by atoms with Crippen LogP contribution >= 0.6 is 0 Å². The SMILES string of the molecule is COc1ccc2c(c1)C/C2=C\CC1(C(F)(F)F)C(=O)CCC1=O. The zero-order valence-corrected chi connectivity index (χ0v) is 12.5. The van der Waals surface area contributed by atoms with Crippen LogP contribution < -0.4 is 4.74 Å². The second kappa shape index (κ2) is 5.22. The highest BCUT2D eigenvalue weighted by Crippen LogP contribution is 2.49. The molecule has 0 bridgehead atoms. The minimum absolute atomic E-state index is 0.324. The van der Waals surface area contributed by atoms with Crippen molar-refractivity contribution in [3.8, 4) is 5.75 Å². The van der Waals surface area contributed by atoms with Crippen LogP contribution in [0.4, 0.5) is 13.2 Å². The van der Waals surface area contributed by atoms with Crippen molar-refractivity contribution in [1.29, 1.82) is 0 Å². The third-order valence-corrected chi connectivity index (χ3v) is 4.71. The van der Waals surface area contributed by atoms with Crippen molar-refractivity contribution in [2.24, 2.45) is 5.41 Å². The summed E-state index contributed by atoms with van der Waals surface area (Å²) < 4.78 is 45.3. The number of ketones is 2. The summed E-state index contributed by atoms with van der Waals surface area (Å²) in [5.41, 5.74) is -0.275. The topological polar surface area (TPSA) is 43.4 Å². The first-order valence-corrected chi connectivity index (χ1v) is 7.29. The highest BCUT2D eigenvalue weighted by molar-refractivity contribution is 6.14. The van der Waals surface area contributed by atoms with Gasteiger partial charge in [0.1, 0.15) is 5.75 Å². The average Bonchev–Trinajstić information content (AvgIpc) is 2.76. The fourth-order valence-corrected chi connectivity index (χ4v) is 3.28. The summed E-state index contributed by atoms with van der Waals surface area (Å²) in [5, 5.41) is 0. The first-order chi connectivity index (χ1) is 10.8. The number of allylic oxidation sites excluding steroid dienone is 2. The van der Waals surface area contributed by atoms with Crippen LogP contribution in [0.3, 0.4) is 0 Å². The predicted molar refractivity (Wildman–Crippen MR) is 77.0 cm³/mol. The van der Waals surface area contributed by atoms with Gasteiger partial charge in [0, 0.05) is 12.8 Å². The maximum atomic E-state index is 13.4. The number of ether oxygens (including phenoxy) is 1. The summed E-state index contributed by atoms with van der Waals surface area (Å²) in [5.74, 6) is -1.34. The second-order valence-corrected chi connectivity index (χ2v) is 5.88. The molecule has 122 valence electrons. The zero-order chi connectivity index (χ0) is 16.8. The monoisotopic (exact) mass is 324 g/mol. The first kappa shape index (κ1) is 15.8. The number of hydrogen-bond acceptors (Lipinski definition) is 3. The third kappa shape index (κ3) is 2.28. The number of methoxy groups -OCH3 is 1. The van der Waals surface area contributed by atoms with E-state index in [1.165, 1.54) is 6.08 Å². The van der Waals surface area contributed by atoms with Gasteiger partial charge in [-0.15, -0.1) is 0 Å². The zero-order valence-electron chi connectivity index (χ0n) is 12.5. The van der Waals surface area contributed by atoms with Crippen LogP contribution in [-0.2, 0) is 16.0 Å².